The molecule has 0 N–H and O–H groups in total. The van der Waals surface area contributed by atoms with E-state index in [-0.39, 0.29) is 0 Å². The first-order chi connectivity index (χ1) is 8.81. The van der Waals surface area contributed by atoms with Gasteiger partial charge in [-0.3, -0.25) is 0 Å². The zero-order valence-electron chi connectivity index (χ0n) is 10.1. The topological polar surface area (TPSA) is 16.1 Å². The van der Waals surface area contributed by atoms with Gasteiger partial charge in [0.15, 0.2) is 0 Å². The molecule has 1 aromatic heterocycles. The van der Waals surface area contributed by atoms with Gasteiger partial charge in [0.25, 0.3) is 0 Å². The van der Waals surface area contributed by atoms with E-state index in [0.29, 0.717) is 11.2 Å². The summed E-state index contributed by atoms with van der Waals surface area (Å²) in [4.78, 5) is 7.04. The van der Waals surface area contributed by atoms with E-state index < -0.39 is 0 Å². The summed E-state index contributed by atoms with van der Waals surface area (Å²) in [6.45, 7) is 1.16. The van der Waals surface area contributed by atoms with Crippen molar-refractivity contribution in [3.05, 3.63) is 35.5 Å². The molecule has 18 heavy (non-hydrogen) atoms. The first kappa shape index (κ1) is 10.6. The molecule has 1 aliphatic carbocycles. The van der Waals surface area contributed by atoms with Crippen LogP contribution >= 0.6 is 11.6 Å². The highest BCUT2D eigenvalue weighted by Gasteiger charge is 2.38. The van der Waals surface area contributed by atoms with Crippen LogP contribution in [0.15, 0.2) is 30.3 Å². The van der Waals surface area contributed by atoms with Gasteiger partial charge in [0.2, 0.25) is 0 Å². The molecule has 1 aromatic carbocycles. The Kier molecular flexibility index (Phi) is 2.28. The maximum absolute atomic E-state index is 6.30. The lowest BCUT2D eigenvalue weighted by molar-refractivity contribution is 0.550. The summed E-state index contributed by atoms with van der Waals surface area (Å²) in [6, 6.07) is 11.1. The van der Waals surface area contributed by atoms with Gasteiger partial charge in [0.1, 0.15) is 11.0 Å². The van der Waals surface area contributed by atoms with Gasteiger partial charge in [-0.25, -0.2) is 4.98 Å². The second-order valence-corrected chi connectivity index (χ2v) is 5.84. The predicted molar refractivity (Wildman–Crippen MR) is 75.2 cm³/mol. The summed E-state index contributed by atoms with van der Waals surface area (Å²) in [5.41, 5.74) is 0. The van der Waals surface area contributed by atoms with Crippen molar-refractivity contribution in [3.8, 4) is 0 Å². The largest absolute Gasteiger partial charge is 0.353 e. The van der Waals surface area contributed by atoms with Crippen molar-refractivity contribution in [3.63, 3.8) is 0 Å². The molecule has 0 spiro atoms. The molecule has 2 atom stereocenters. The van der Waals surface area contributed by atoms with E-state index >= 15 is 0 Å². The second kappa shape index (κ2) is 3.86. The predicted octanol–water partition coefficient (Wildman–Crippen LogP) is 3.88. The zero-order chi connectivity index (χ0) is 12.1. The fourth-order valence-electron chi connectivity index (χ4n) is 3.50. The third-order valence-electron chi connectivity index (χ3n) is 4.38. The number of halogens is 1. The smallest absolute Gasteiger partial charge is 0.139 e. The van der Waals surface area contributed by atoms with Crippen LogP contribution in [0.1, 0.15) is 19.3 Å². The number of fused-ring (bicyclic) bond motifs is 3. The Labute approximate surface area is 112 Å². The van der Waals surface area contributed by atoms with Crippen LogP contribution in [0.25, 0.3) is 10.8 Å². The van der Waals surface area contributed by atoms with Gasteiger partial charge < -0.3 is 4.90 Å². The molecular weight excluding hydrogens is 244 g/mol. The van der Waals surface area contributed by atoms with E-state index in [9.17, 15) is 0 Å². The Morgan fingerprint density at radius 1 is 1.22 bits per heavy atom. The fraction of sp³-hybridized carbons (Fsp3) is 0.400. The number of benzene rings is 1. The van der Waals surface area contributed by atoms with Crippen LogP contribution in [0.5, 0.6) is 0 Å². The molecule has 2 heterocycles. The van der Waals surface area contributed by atoms with Gasteiger partial charge in [-0.15, -0.1) is 0 Å². The van der Waals surface area contributed by atoms with Crippen LogP contribution in [0.3, 0.4) is 0 Å². The third-order valence-corrected chi connectivity index (χ3v) is 4.67. The van der Waals surface area contributed by atoms with Gasteiger partial charge in [-0.05, 0) is 36.6 Å². The van der Waals surface area contributed by atoms with Crippen molar-refractivity contribution >= 4 is 28.2 Å². The minimum atomic E-state index is 0.630. The van der Waals surface area contributed by atoms with Gasteiger partial charge in [-0.1, -0.05) is 35.9 Å². The van der Waals surface area contributed by atoms with Gasteiger partial charge in [0, 0.05) is 18.0 Å². The van der Waals surface area contributed by atoms with Crippen LogP contribution in [0.2, 0.25) is 5.15 Å². The molecule has 0 radical (unpaired) electrons. The number of hydrogen-bond donors (Lipinski definition) is 0. The Hall–Kier alpha value is -1.28. The van der Waals surface area contributed by atoms with Gasteiger partial charge >= 0.3 is 0 Å². The minimum Gasteiger partial charge on any atom is -0.353 e. The van der Waals surface area contributed by atoms with E-state index in [2.05, 4.69) is 28.1 Å². The summed E-state index contributed by atoms with van der Waals surface area (Å²) in [5.74, 6) is 1.94. The lowest BCUT2D eigenvalue weighted by atomic mass is 10.1. The fourth-order valence-corrected chi connectivity index (χ4v) is 3.75. The first-order valence-corrected chi connectivity index (χ1v) is 7.01. The first-order valence-electron chi connectivity index (χ1n) is 6.63. The van der Waals surface area contributed by atoms with Crippen molar-refractivity contribution in [2.75, 3.05) is 11.4 Å². The Morgan fingerprint density at radius 2 is 2.11 bits per heavy atom. The number of rotatable bonds is 1. The zero-order valence-corrected chi connectivity index (χ0v) is 10.9. The highest BCUT2D eigenvalue weighted by molar-refractivity contribution is 6.34. The molecule has 2 aromatic rings. The highest BCUT2D eigenvalue weighted by atomic mass is 35.5. The van der Waals surface area contributed by atoms with Crippen molar-refractivity contribution in [1.29, 1.82) is 0 Å². The molecule has 3 heteroatoms. The highest BCUT2D eigenvalue weighted by Crippen LogP contribution is 2.40. The molecule has 2 nitrogen and oxygen atoms in total. The molecule has 1 saturated heterocycles. The molecule has 0 amide bonds. The standard InChI is InChI=1S/C15H15ClN2/c16-15-13-4-2-1-3-11(13)8-14(17-15)18-9-10-5-6-12(18)7-10/h1-4,8,10,12H,5-7,9H2. The maximum atomic E-state index is 6.30. The van der Waals surface area contributed by atoms with E-state index in [0.717, 1.165) is 23.7 Å². The van der Waals surface area contributed by atoms with Crippen molar-refractivity contribution < 1.29 is 0 Å². The minimum absolute atomic E-state index is 0.630. The molecule has 2 unspecified atom stereocenters. The molecule has 4 rings (SSSR count). The number of hydrogen-bond acceptors (Lipinski definition) is 2. The lowest BCUT2D eigenvalue weighted by Gasteiger charge is -2.28. The molecular formula is C15H15ClN2. The van der Waals surface area contributed by atoms with E-state index in [1.807, 2.05) is 12.1 Å². The summed E-state index contributed by atoms with van der Waals surface area (Å²) >= 11 is 6.30. The molecule has 92 valence electrons. The maximum Gasteiger partial charge on any atom is 0.139 e. The summed E-state index contributed by atoms with van der Waals surface area (Å²) in [6.07, 6.45) is 4.05. The quantitative estimate of drug-likeness (QED) is 0.722. The molecule has 1 saturated carbocycles. The Morgan fingerprint density at radius 3 is 2.89 bits per heavy atom. The molecule has 2 bridgehead atoms. The van der Waals surface area contributed by atoms with Gasteiger partial charge in [0.05, 0.1) is 0 Å². The number of anilines is 1. The lowest BCUT2D eigenvalue weighted by Crippen LogP contribution is -2.32. The second-order valence-electron chi connectivity index (χ2n) is 5.48. The summed E-state index contributed by atoms with van der Waals surface area (Å²) in [5, 5.41) is 2.87. The molecule has 2 aliphatic rings. The van der Waals surface area contributed by atoms with Crippen LogP contribution in [0.4, 0.5) is 5.82 Å². The van der Waals surface area contributed by atoms with E-state index in [1.54, 1.807) is 0 Å². The number of piperidine rings is 1. The average Bonchev–Trinajstić information content (AvgIpc) is 3.01. The number of nitrogens with zero attached hydrogens (tertiary/aromatic N) is 2. The van der Waals surface area contributed by atoms with E-state index in [1.165, 1.54) is 24.6 Å². The van der Waals surface area contributed by atoms with Crippen LogP contribution < -0.4 is 4.90 Å². The van der Waals surface area contributed by atoms with Gasteiger partial charge in [-0.2, -0.15) is 0 Å². The van der Waals surface area contributed by atoms with Crippen molar-refractivity contribution in [2.24, 2.45) is 5.92 Å². The van der Waals surface area contributed by atoms with Crippen molar-refractivity contribution in [2.45, 2.75) is 25.3 Å². The average molecular weight is 259 g/mol. The number of aromatic nitrogens is 1. The SMILES string of the molecule is Clc1nc(N2CC3CCC2C3)cc2ccccc12. The number of pyridine rings is 1. The summed E-state index contributed by atoms with van der Waals surface area (Å²) in [7, 11) is 0. The van der Waals surface area contributed by atoms with Crippen molar-refractivity contribution in [1.82, 2.24) is 4.98 Å². The van der Waals surface area contributed by atoms with Crippen LogP contribution in [-0.4, -0.2) is 17.6 Å². The van der Waals surface area contributed by atoms with Crippen LogP contribution in [0, 0.1) is 5.92 Å². The third kappa shape index (κ3) is 1.52. The summed E-state index contributed by atoms with van der Waals surface area (Å²) < 4.78 is 0. The molecule has 2 fully saturated rings. The Balaban J connectivity index is 1.81. The van der Waals surface area contributed by atoms with Crippen LogP contribution in [-0.2, 0) is 0 Å². The monoisotopic (exact) mass is 258 g/mol. The Bertz CT molecular complexity index is 610. The van der Waals surface area contributed by atoms with E-state index in [4.69, 9.17) is 11.6 Å². The normalized spacial score (nSPS) is 26.2. The molecule has 1 aliphatic heterocycles.